The van der Waals surface area contributed by atoms with Gasteiger partial charge in [-0.2, -0.15) is 0 Å². The first-order valence-electron chi connectivity index (χ1n) is 11.0. The molecule has 0 amide bonds. The second-order valence-electron chi connectivity index (χ2n) is 6.98. The van der Waals surface area contributed by atoms with Crippen LogP contribution in [0.2, 0.25) is 0 Å². The van der Waals surface area contributed by atoms with E-state index in [1.54, 1.807) is 6.92 Å². The lowest BCUT2D eigenvalue weighted by molar-refractivity contribution is -0.157. The number of hydrogen-bond donors (Lipinski definition) is 2. The van der Waals surface area contributed by atoms with Crippen LogP contribution >= 0.6 is 0 Å². The Balaban J connectivity index is 3.77. The summed E-state index contributed by atoms with van der Waals surface area (Å²) in [4.78, 5) is 11.8. The summed E-state index contributed by atoms with van der Waals surface area (Å²) < 4.78 is 4.99. The molecule has 0 aliphatic carbocycles. The number of esters is 1. The highest BCUT2D eigenvalue weighted by Gasteiger charge is 2.17. The molecule has 2 N–H and O–H groups in total. The van der Waals surface area contributed by atoms with E-state index in [0.29, 0.717) is 6.42 Å². The van der Waals surface area contributed by atoms with Gasteiger partial charge in [-0.1, -0.05) is 86.8 Å². The van der Waals surface area contributed by atoms with Gasteiger partial charge in [-0.25, -0.2) is 0 Å². The Morgan fingerprint density at radius 1 is 0.700 bits per heavy atom. The summed E-state index contributed by atoms with van der Waals surface area (Å²) in [6, 6.07) is 0. The van der Waals surface area contributed by atoms with Crippen molar-refractivity contribution in [1.82, 2.24) is 0 Å². The maximum absolute atomic E-state index is 11.8. The number of ether oxygens (including phenoxy) is 1. The van der Waals surface area contributed by atoms with Crippen LogP contribution in [0.1, 0.15) is 58.8 Å². The number of aliphatic hydroxyl groups excluding tert-OH is 2. The van der Waals surface area contributed by atoms with Gasteiger partial charge >= 0.3 is 5.97 Å². The lowest BCUT2D eigenvalue weighted by Crippen LogP contribution is -2.28. The first kappa shape index (κ1) is 27.8. The quantitative estimate of drug-likeness (QED) is 0.239. The third-order valence-electron chi connectivity index (χ3n) is 4.18. The maximum atomic E-state index is 11.8. The highest BCUT2D eigenvalue weighted by Crippen LogP contribution is 2.08. The van der Waals surface area contributed by atoms with Crippen LogP contribution in [0.4, 0.5) is 0 Å². The second-order valence-corrected chi connectivity index (χ2v) is 6.98. The average molecular weight is 417 g/mol. The Labute approximate surface area is 183 Å². The predicted molar refractivity (Wildman–Crippen MR) is 126 cm³/mol. The SMILES string of the molecule is CC/C=C\C/C=C\C/C=C\C/C=C\C/C=C\C/C=C\CC(C)C(=O)OC(CO)CO. The van der Waals surface area contributed by atoms with Crippen LogP contribution in [0.5, 0.6) is 0 Å². The van der Waals surface area contributed by atoms with Crippen LogP contribution in [-0.4, -0.2) is 35.5 Å². The van der Waals surface area contributed by atoms with Gasteiger partial charge in [0.1, 0.15) is 6.10 Å². The zero-order valence-electron chi connectivity index (χ0n) is 18.7. The molecule has 0 aliphatic rings. The number of carbonyl (C=O) groups is 1. The molecule has 0 aromatic carbocycles. The molecule has 0 aliphatic heterocycles. The van der Waals surface area contributed by atoms with Gasteiger partial charge in [-0.3, -0.25) is 4.79 Å². The minimum Gasteiger partial charge on any atom is -0.457 e. The Bertz CT molecular complexity index is 578. The van der Waals surface area contributed by atoms with E-state index in [1.807, 2.05) is 12.2 Å². The molecule has 0 aromatic heterocycles. The van der Waals surface area contributed by atoms with Crippen molar-refractivity contribution in [3.8, 4) is 0 Å². The molecule has 0 fully saturated rings. The first-order chi connectivity index (χ1) is 14.7. The number of rotatable bonds is 17. The first-order valence-corrected chi connectivity index (χ1v) is 11.0. The van der Waals surface area contributed by atoms with Crippen molar-refractivity contribution < 1.29 is 19.7 Å². The summed E-state index contributed by atoms with van der Waals surface area (Å²) in [5.41, 5.74) is 0. The molecule has 0 saturated carbocycles. The largest absolute Gasteiger partial charge is 0.457 e. The summed E-state index contributed by atoms with van der Waals surface area (Å²) in [5.74, 6) is -0.696. The fourth-order valence-electron chi connectivity index (χ4n) is 2.33. The summed E-state index contributed by atoms with van der Waals surface area (Å²) in [6.45, 7) is 3.18. The van der Waals surface area contributed by atoms with Gasteiger partial charge in [-0.15, -0.1) is 0 Å². The number of hydrogen-bond acceptors (Lipinski definition) is 4. The molecule has 0 spiro atoms. The van der Waals surface area contributed by atoms with Gasteiger partial charge in [0, 0.05) is 0 Å². The Morgan fingerprint density at radius 3 is 1.43 bits per heavy atom. The molecule has 4 heteroatoms. The molecule has 0 radical (unpaired) electrons. The fraction of sp³-hybridized carbons (Fsp3) is 0.500. The Hall–Kier alpha value is -2.17. The van der Waals surface area contributed by atoms with Crippen molar-refractivity contribution in [3.05, 3.63) is 72.9 Å². The summed E-state index contributed by atoms with van der Waals surface area (Å²) in [6.07, 6.45) is 31.2. The van der Waals surface area contributed by atoms with E-state index in [0.717, 1.165) is 38.5 Å². The zero-order chi connectivity index (χ0) is 22.3. The van der Waals surface area contributed by atoms with Crippen molar-refractivity contribution in [1.29, 1.82) is 0 Å². The molecule has 0 saturated heterocycles. The highest BCUT2D eigenvalue weighted by atomic mass is 16.6. The normalized spacial score (nSPS) is 14.0. The van der Waals surface area contributed by atoms with Crippen molar-refractivity contribution in [3.63, 3.8) is 0 Å². The molecule has 0 rings (SSSR count). The van der Waals surface area contributed by atoms with E-state index < -0.39 is 12.1 Å². The molecule has 4 nitrogen and oxygen atoms in total. The lowest BCUT2D eigenvalue weighted by atomic mass is 10.1. The maximum Gasteiger partial charge on any atom is 0.309 e. The van der Waals surface area contributed by atoms with Crippen LogP contribution in [-0.2, 0) is 9.53 Å². The smallest absolute Gasteiger partial charge is 0.309 e. The van der Waals surface area contributed by atoms with E-state index in [2.05, 4.69) is 67.7 Å². The minimum absolute atomic E-state index is 0.296. The molecule has 0 heterocycles. The van der Waals surface area contributed by atoms with Crippen LogP contribution < -0.4 is 0 Å². The molecule has 168 valence electrons. The van der Waals surface area contributed by atoms with E-state index >= 15 is 0 Å². The monoisotopic (exact) mass is 416 g/mol. The summed E-state index contributed by atoms with van der Waals surface area (Å²) in [5, 5.41) is 17.8. The van der Waals surface area contributed by atoms with E-state index in [4.69, 9.17) is 14.9 Å². The highest BCUT2D eigenvalue weighted by molar-refractivity contribution is 5.72. The van der Waals surface area contributed by atoms with Gasteiger partial charge in [0.15, 0.2) is 0 Å². The van der Waals surface area contributed by atoms with Crippen LogP contribution in [0.3, 0.4) is 0 Å². The van der Waals surface area contributed by atoms with E-state index in [-0.39, 0.29) is 19.1 Å². The Morgan fingerprint density at radius 2 is 1.07 bits per heavy atom. The third kappa shape index (κ3) is 17.9. The van der Waals surface area contributed by atoms with Crippen molar-refractivity contribution in [2.24, 2.45) is 5.92 Å². The van der Waals surface area contributed by atoms with Crippen molar-refractivity contribution >= 4 is 5.97 Å². The lowest BCUT2D eigenvalue weighted by Gasteiger charge is -2.15. The van der Waals surface area contributed by atoms with Crippen molar-refractivity contribution in [2.45, 2.75) is 64.9 Å². The predicted octanol–water partition coefficient (Wildman–Crippen LogP) is 5.61. The minimum atomic E-state index is -0.828. The van der Waals surface area contributed by atoms with E-state index in [1.165, 1.54) is 0 Å². The molecule has 1 atom stereocenters. The van der Waals surface area contributed by atoms with Crippen LogP contribution in [0.25, 0.3) is 0 Å². The summed E-state index contributed by atoms with van der Waals surface area (Å²) in [7, 11) is 0. The van der Waals surface area contributed by atoms with Crippen molar-refractivity contribution in [2.75, 3.05) is 13.2 Å². The molecule has 0 bridgehead atoms. The zero-order valence-corrected chi connectivity index (χ0v) is 18.7. The van der Waals surface area contributed by atoms with Gasteiger partial charge in [0.05, 0.1) is 19.1 Å². The molecule has 0 aromatic rings. The molecule has 30 heavy (non-hydrogen) atoms. The molecule has 1 unspecified atom stereocenters. The Kier molecular flexibility index (Phi) is 20.0. The van der Waals surface area contributed by atoms with Gasteiger partial charge in [0.2, 0.25) is 0 Å². The standard InChI is InChI=1S/C26H40O4/c1-3-4-5-6-7-8-9-10-11-12-13-14-15-16-17-18-19-20-21-24(2)26(29)30-25(22-27)23-28/h4-5,7-8,10-11,13-14,16-17,19-20,24-25,27-28H,3,6,9,12,15,18,21-23H2,1-2H3/b5-4-,8-7-,11-10-,14-13-,17-16-,20-19-. The molecular weight excluding hydrogens is 376 g/mol. The summed E-state index contributed by atoms with van der Waals surface area (Å²) >= 11 is 0. The average Bonchev–Trinajstić information content (AvgIpc) is 2.76. The second kappa shape index (κ2) is 21.5. The number of aliphatic hydroxyl groups is 2. The van der Waals surface area contributed by atoms with Crippen LogP contribution in [0.15, 0.2) is 72.9 Å². The number of carbonyl (C=O) groups excluding carboxylic acids is 1. The topological polar surface area (TPSA) is 66.8 Å². The molecular formula is C26H40O4. The fourth-order valence-corrected chi connectivity index (χ4v) is 2.33. The van der Waals surface area contributed by atoms with Crippen LogP contribution in [0, 0.1) is 5.92 Å². The van der Waals surface area contributed by atoms with Gasteiger partial charge < -0.3 is 14.9 Å². The number of allylic oxidation sites excluding steroid dienone is 12. The van der Waals surface area contributed by atoms with Gasteiger partial charge in [0.25, 0.3) is 0 Å². The third-order valence-corrected chi connectivity index (χ3v) is 4.18. The van der Waals surface area contributed by atoms with Gasteiger partial charge in [-0.05, 0) is 44.9 Å². The van der Waals surface area contributed by atoms with E-state index in [9.17, 15) is 4.79 Å².